The molecule has 16 heavy (non-hydrogen) atoms. The molecule has 0 aliphatic carbocycles. The van der Waals surface area contributed by atoms with Crippen molar-refractivity contribution in [1.82, 2.24) is 0 Å². The van der Waals surface area contributed by atoms with Crippen molar-refractivity contribution >= 4 is 20.2 Å². The molecule has 0 saturated heterocycles. The molecular formula is C8H10O6S2. The van der Waals surface area contributed by atoms with Crippen LogP contribution in [-0.4, -0.2) is 26.5 Å². The highest BCUT2D eigenvalue weighted by atomic mass is 32.3. The molecule has 0 heterocycles. The van der Waals surface area contributed by atoms with Gasteiger partial charge in [-0.1, -0.05) is 30.3 Å². The molecule has 0 amide bonds. The highest BCUT2D eigenvalue weighted by molar-refractivity contribution is 8.03. The van der Waals surface area contributed by atoms with Gasteiger partial charge in [-0.15, -0.1) is 0 Å². The Morgan fingerprint density at radius 2 is 1.62 bits per heavy atom. The molecule has 90 valence electrons. The van der Waals surface area contributed by atoms with E-state index in [0.717, 1.165) is 0 Å². The van der Waals surface area contributed by atoms with Crippen molar-refractivity contribution in [2.24, 2.45) is 0 Å². The van der Waals surface area contributed by atoms with Crippen LogP contribution in [-0.2, 0) is 31.0 Å². The third-order valence-corrected chi connectivity index (χ3v) is 4.36. The van der Waals surface area contributed by atoms with Crippen molar-refractivity contribution in [3.63, 3.8) is 0 Å². The van der Waals surface area contributed by atoms with Crippen molar-refractivity contribution < 1.29 is 25.6 Å². The van der Waals surface area contributed by atoms with Gasteiger partial charge < -0.3 is 0 Å². The van der Waals surface area contributed by atoms with E-state index < -0.39 is 25.3 Å². The second-order valence-corrected chi connectivity index (χ2v) is 6.46. The molecule has 0 radical (unpaired) electrons. The lowest BCUT2D eigenvalue weighted by atomic mass is 10.2. The maximum Gasteiger partial charge on any atom is 0.284 e. The van der Waals surface area contributed by atoms with Gasteiger partial charge in [0.05, 0.1) is 6.61 Å². The molecule has 6 nitrogen and oxygen atoms in total. The van der Waals surface area contributed by atoms with Gasteiger partial charge in [0.2, 0.25) is 5.08 Å². The number of benzene rings is 1. The molecule has 0 atom stereocenters. The van der Waals surface area contributed by atoms with Crippen LogP contribution in [0.4, 0.5) is 0 Å². The van der Waals surface area contributed by atoms with Crippen molar-refractivity contribution in [3.8, 4) is 0 Å². The first kappa shape index (κ1) is 13.1. The minimum Gasteiger partial charge on any atom is -0.285 e. The molecule has 1 rings (SSSR count). The van der Waals surface area contributed by atoms with Gasteiger partial charge >= 0.3 is 0 Å². The molecule has 1 aromatic rings. The summed E-state index contributed by atoms with van der Waals surface area (Å²) in [7, 11) is -8.87. The predicted octanol–water partition coefficient (Wildman–Crippen LogP) is 0.378. The molecule has 0 bridgehead atoms. The van der Waals surface area contributed by atoms with E-state index >= 15 is 0 Å². The largest absolute Gasteiger partial charge is 0.285 e. The molecule has 8 heteroatoms. The van der Waals surface area contributed by atoms with Crippen LogP contribution in [0.3, 0.4) is 0 Å². The molecule has 0 fully saturated rings. The van der Waals surface area contributed by atoms with Crippen molar-refractivity contribution in [1.29, 1.82) is 0 Å². The second kappa shape index (κ2) is 4.91. The van der Waals surface area contributed by atoms with Crippen LogP contribution in [0.25, 0.3) is 0 Å². The molecule has 0 aliphatic heterocycles. The minimum atomic E-state index is -4.60. The number of hydrogen-bond donors (Lipinski definition) is 1. The Morgan fingerprint density at radius 3 is 2.12 bits per heavy atom. The van der Waals surface area contributed by atoms with Gasteiger partial charge in [0, 0.05) is 0 Å². The highest BCUT2D eigenvalue weighted by Crippen LogP contribution is 2.05. The Balaban J connectivity index is 2.63. The lowest BCUT2D eigenvalue weighted by Gasteiger charge is -2.03. The average Bonchev–Trinajstić information content (AvgIpc) is 2.13. The summed E-state index contributed by atoms with van der Waals surface area (Å²) in [4.78, 5) is 0. The van der Waals surface area contributed by atoms with Gasteiger partial charge in [0.1, 0.15) is 0 Å². The van der Waals surface area contributed by atoms with Crippen molar-refractivity contribution in [2.75, 3.05) is 5.08 Å². The van der Waals surface area contributed by atoms with E-state index in [4.69, 9.17) is 4.55 Å². The molecule has 0 unspecified atom stereocenters. The SMILES string of the molecule is O=S(=O)(O)CS(=O)(=O)OCc1ccccc1. The topological polar surface area (TPSA) is 97.7 Å². The van der Waals surface area contributed by atoms with E-state index in [1.54, 1.807) is 30.3 Å². The first-order valence-corrected chi connectivity index (χ1v) is 7.33. The average molecular weight is 266 g/mol. The van der Waals surface area contributed by atoms with Crippen LogP contribution in [0, 0.1) is 0 Å². The van der Waals surface area contributed by atoms with E-state index in [0.29, 0.717) is 5.56 Å². The fourth-order valence-corrected chi connectivity index (χ4v) is 3.00. The smallest absolute Gasteiger partial charge is 0.284 e. The Bertz CT molecular complexity index is 531. The van der Waals surface area contributed by atoms with Crippen LogP contribution >= 0.6 is 0 Å². The summed E-state index contributed by atoms with van der Waals surface area (Å²) < 4.78 is 55.6. The number of rotatable bonds is 5. The maximum absolute atomic E-state index is 11.1. The summed E-state index contributed by atoms with van der Waals surface area (Å²) in [6.07, 6.45) is 0. The molecule has 0 saturated carbocycles. The van der Waals surface area contributed by atoms with E-state index in [1.807, 2.05) is 0 Å². The molecule has 0 aromatic heterocycles. The predicted molar refractivity (Wildman–Crippen MR) is 56.6 cm³/mol. The van der Waals surface area contributed by atoms with E-state index in [-0.39, 0.29) is 6.61 Å². The Kier molecular flexibility index (Phi) is 4.03. The first-order chi connectivity index (χ1) is 7.29. The van der Waals surface area contributed by atoms with Crippen LogP contribution in [0.1, 0.15) is 5.56 Å². The Labute approximate surface area is 93.7 Å². The van der Waals surface area contributed by atoms with Crippen LogP contribution in [0.2, 0.25) is 0 Å². The van der Waals surface area contributed by atoms with Crippen LogP contribution in [0.15, 0.2) is 30.3 Å². The van der Waals surface area contributed by atoms with E-state index in [2.05, 4.69) is 4.18 Å². The lowest BCUT2D eigenvalue weighted by Crippen LogP contribution is -2.17. The van der Waals surface area contributed by atoms with Gasteiger partial charge in [0.15, 0.2) is 0 Å². The van der Waals surface area contributed by atoms with Gasteiger partial charge in [-0.2, -0.15) is 16.8 Å². The second-order valence-electron chi connectivity index (χ2n) is 3.01. The molecule has 0 aliphatic rings. The van der Waals surface area contributed by atoms with Gasteiger partial charge in [-0.25, -0.2) is 0 Å². The lowest BCUT2D eigenvalue weighted by molar-refractivity contribution is 0.310. The number of hydrogen-bond acceptors (Lipinski definition) is 5. The fourth-order valence-electron chi connectivity index (χ4n) is 0.948. The van der Waals surface area contributed by atoms with Gasteiger partial charge in [-0.05, 0) is 5.56 Å². The minimum absolute atomic E-state index is 0.265. The molecule has 1 aromatic carbocycles. The van der Waals surface area contributed by atoms with Crippen molar-refractivity contribution in [2.45, 2.75) is 6.61 Å². The summed E-state index contributed by atoms with van der Waals surface area (Å²) in [5.41, 5.74) is 0.585. The van der Waals surface area contributed by atoms with E-state index in [9.17, 15) is 16.8 Å². The van der Waals surface area contributed by atoms with Crippen LogP contribution < -0.4 is 0 Å². The third-order valence-electron chi connectivity index (χ3n) is 1.54. The zero-order chi connectivity index (χ0) is 12.2. The van der Waals surface area contributed by atoms with Gasteiger partial charge in [0.25, 0.3) is 20.2 Å². The highest BCUT2D eigenvalue weighted by Gasteiger charge is 2.20. The summed E-state index contributed by atoms with van der Waals surface area (Å²) in [5.74, 6) is 0. The Hall–Kier alpha value is -0.960. The maximum atomic E-state index is 11.1. The fraction of sp³-hybridized carbons (Fsp3) is 0.250. The molecular weight excluding hydrogens is 256 g/mol. The Morgan fingerprint density at radius 1 is 1.06 bits per heavy atom. The van der Waals surface area contributed by atoms with Crippen molar-refractivity contribution in [3.05, 3.63) is 35.9 Å². The van der Waals surface area contributed by atoms with E-state index in [1.165, 1.54) is 0 Å². The molecule has 1 N–H and O–H groups in total. The quantitative estimate of drug-likeness (QED) is 0.611. The third kappa shape index (κ3) is 5.21. The summed E-state index contributed by atoms with van der Waals surface area (Å²) >= 11 is 0. The zero-order valence-corrected chi connectivity index (χ0v) is 9.74. The van der Waals surface area contributed by atoms with Gasteiger partial charge in [-0.3, -0.25) is 8.74 Å². The van der Waals surface area contributed by atoms with Crippen LogP contribution in [0.5, 0.6) is 0 Å². The summed E-state index contributed by atoms with van der Waals surface area (Å²) in [5, 5.41) is -1.44. The normalized spacial score (nSPS) is 12.6. The summed E-state index contributed by atoms with van der Waals surface area (Å²) in [6.45, 7) is -0.265. The monoisotopic (exact) mass is 266 g/mol. The zero-order valence-electron chi connectivity index (χ0n) is 8.11. The molecule has 0 spiro atoms. The summed E-state index contributed by atoms with van der Waals surface area (Å²) in [6, 6.07) is 8.38. The standard InChI is InChI=1S/C8H10O6S2/c9-15(10,11)7-16(12,13)14-6-8-4-2-1-3-5-8/h1-5H,6-7H2,(H,9,10,11). The first-order valence-electron chi connectivity index (χ1n) is 4.15.